The highest BCUT2D eigenvalue weighted by molar-refractivity contribution is 7.69. The Morgan fingerprint density at radius 1 is 0.421 bits per heavy atom. The van der Waals surface area contributed by atoms with Crippen LogP contribution in [0.15, 0.2) is 72.8 Å². The molecule has 0 amide bonds. The first-order chi connectivity index (χ1) is 27.0. The molecule has 2 aliphatic heterocycles. The highest BCUT2D eigenvalue weighted by Gasteiger charge is 2.53. The molecule has 57 heavy (non-hydrogen) atoms. The molecule has 10 atom stereocenters. The van der Waals surface area contributed by atoms with Crippen LogP contribution in [0.5, 0.6) is 0 Å². The summed E-state index contributed by atoms with van der Waals surface area (Å²) in [6.07, 6.45) is -14.5. The Kier molecular flexibility index (Phi) is 14.4. The van der Waals surface area contributed by atoms with E-state index in [-0.39, 0.29) is 0 Å². The maximum absolute atomic E-state index is 12.2. The number of benzene rings is 4. The van der Waals surface area contributed by atoms with Gasteiger partial charge >= 0.3 is 0 Å². The number of hydrogen-bond donors (Lipinski definition) is 6. The van der Waals surface area contributed by atoms with E-state index in [4.69, 9.17) is 23.3 Å². The number of rotatable bonds is 12. The van der Waals surface area contributed by atoms with E-state index in [0.717, 1.165) is 65.7 Å². The van der Waals surface area contributed by atoms with Gasteiger partial charge in [-0.2, -0.15) is 0 Å². The quantitative estimate of drug-likeness (QED) is 0.116. The Bertz CT molecular complexity index is 1830. The van der Waals surface area contributed by atoms with Gasteiger partial charge in [0.15, 0.2) is 12.6 Å². The lowest BCUT2D eigenvalue weighted by atomic mass is 9.98. The van der Waals surface area contributed by atoms with Crippen LogP contribution in [0.3, 0.4) is 0 Å². The van der Waals surface area contributed by atoms with Crippen molar-refractivity contribution in [3.8, 4) is 0 Å². The molecular formula is C44H56O11P2. The van der Waals surface area contributed by atoms with Gasteiger partial charge in [-0.05, 0) is 104 Å². The molecule has 2 aliphatic rings. The molecule has 11 nitrogen and oxygen atoms in total. The summed E-state index contributed by atoms with van der Waals surface area (Å²) in [4.78, 5) is 0. The third-order valence-electron chi connectivity index (χ3n) is 10.1. The van der Waals surface area contributed by atoms with Gasteiger partial charge in [0.1, 0.15) is 48.8 Å². The first-order valence-electron chi connectivity index (χ1n) is 19.2. The van der Waals surface area contributed by atoms with Crippen LogP contribution in [0.4, 0.5) is 0 Å². The minimum atomic E-state index is -1.76. The van der Waals surface area contributed by atoms with Crippen molar-refractivity contribution in [3.63, 3.8) is 0 Å². The summed E-state index contributed by atoms with van der Waals surface area (Å²) in [5.74, 6) is 0. The van der Waals surface area contributed by atoms with E-state index < -0.39 is 90.9 Å². The molecule has 6 N–H and O–H groups in total. The molecule has 0 spiro atoms. The maximum Gasteiger partial charge on any atom is 0.190 e. The zero-order valence-electron chi connectivity index (χ0n) is 33.7. The lowest BCUT2D eigenvalue weighted by molar-refractivity contribution is -0.371. The minimum absolute atomic E-state index is 0.615. The minimum Gasteiger partial charge on any atom is -0.394 e. The molecular weight excluding hydrogens is 766 g/mol. The number of hydrogen-bond acceptors (Lipinski definition) is 11. The summed E-state index contributed by atoms with van der Waals surface area (Å²) >= 11 is 0. The average molecular weight is 823 g/mol. The van der Waals surface area contributed by atoms with Crippen LogP contribution < -0.4 is 21.2 Å². The van der Waals surface area contributed by atoms with E-state index in [1.807, 2.05) is 55.4 Å². The van der Waals surface area contributed by atoms with Gasteiger partial charge in [0.25, 0.3) is 0 Å². The van der Waals surface area contributed by atoms with Crippen LogP contribution in [0.1, 0.15) is 44.5 Å². The molecule has 0 saturated carbocycles. The summed E-state index contributed by atoms with van der Waals surface area (Å²) in [5.41, 5.74) is 8.27. The SMILES string of the molecule is Cc1cc(C)cc(P(O[C@H]2[C@@H](O[C@H]3O[C@H](CO)[C@@H](O)[C@H](O)[C@H]3O)O[C@H](CO)[C@@H](O)[C@@H]2OP(c2cc(C)cc(C)c2)c2cc(C)cc(C)c2)c2cc(C)cc(C)c2)c1. The maximum atomic E-state index is 12.2. The normalized spacial score (nSPS) is 28.0. The van der Waals surface area contributed by atoms with Crippen LogP contribution in [0.25, 0.3) is 0 Å². The number of ether oxygens (including phenoxy) is 3. The second-order valence-electron chi connectivity index (χ2n) is 15.7. The van der Waals surface area contributed by atoms with Crippen LogP contribution in [0, 0.1) is 55.4 Å². The molecule has 2 saturated heterocycles. The predicted molar refractivity (Wildman–Crippen MR) is 222 cm³/mol. The molecule has 13 heteroatoms. The Morgan fingerprint density at radius 3 is 1.09 bits per heavy atom. The first kappa shape index (κ1) is 43.9. The van der Waals surface area contributed by atoms with E-state index in [1.54, 1.807) is 0 Å². The van der Waals surface area contributed by atoms with Gasteiger partial charge in [0, 0.05) is 21.2 Å². The zero-order chi connectivity index (χ0) is 41.3. The fraction of sp³-hybridized carbons (Fsp3) is 0.455. The highest BCUT2D eigenvalue weighted by atomic mass is 31.1. The second kappa shape index (κ2) is 18.7. The molecule has 2 heterocycles. The average Bonchev–Trinajstić information content (AvgIpc) is 3.12. The van der Waals surface area contributed by atoms with Crippen molar-refractivity contribution >= 4 is 37.5 Å². The Morgan fingerprint density at radius 2 is 0.737 bits per heavy atom. The van der Waals surface area contributed by atoms with Crippen LogP contribution >= 0.6 is 16.3 Å². The Balaban J connectivity index is 1.53. The molecule has 0 aromatic heterocycles. The van der Waals surface area contributed by atoms with Gasteiger partial charge in [0.2, 0.25) is 0 Å². The van der Waals surface area contributed by atoms with E-state index in [9.17, 15) is 30.6 Å². The summed E-state index contributed by atoms with van der Waals surface area (Å²) in [5, 5.41) is 68.8. The van der Waals surface area contributed by atoms with Gasteiger partial charge in [-0.15, -0.1) is 0 Å². The fourth-order valence-corrected chi connectivity index (χ4v) is 12.4. The standard InChI is InChI=1S/C44H56O11P2/c1-23-9-24(2)14-31(13-23)56(32-15-25(3)10-26(4)16-32)54-41-38(48)36(22-46)52-44(53-43-40(50)39(49)37(47)35(21-45)51-43)42(41)55-57(33-17-27(5)11-28(6)18-33)34-19-29(7)12-30(8)20-34/h9-20,35-50H,21-22H2,1-8H3/t35-,36-,37-,38-,39+,40-,41+,42-,43-,44-/m1/s1. The number of aliphatic hydroxyl groups is 6. The highest BCUT2D eigenvalue weighted by Crippen LogP contribution is 2.47. The molecule has 4 aromatic rings. The Labute approximate surface area is 337 Å². The van der Waals surface area contributed by atoms with Gasteiger partial charge in [-0.1, -0.05) is 68.8 Å². The lowest BCUT2D eigenvalue weighted by Crippen LogP contribution is -2.64. The van der Waals surface area contributed by atoms with E-state index in [0.29, 0.717) is 0 Å². The monoisotopic (exact) mass is 822 g/mol. The van der Waals surface area contributed by atoms with Crippen molar-refractivity contribution in [1.29, 1.82) is 0 Å². The summed E-state index contributed by atoms with van der Waals surface area (Å²) < 4.78 is 33.0. The van der Waals surface area contributed by atoms with E-state index in [2.05, 4.69) is 72.8 Å². The predicted octanol–water partition coefficient (Wildman–Crippen LogP) is 3.21. The molecule has 4 aromatic carbocycles. The van der Waals surface area contributed by atoms with Crippen LogP contribution in [0.2, 0.25) is 0 Å². The number of aliphatic hydroxyl groups excluding tert-OH is 6. The van der Waals surface area contributed by atoms with Crippen LogP contribution in [-0.4, -0.2) is 105 Å². The summed E-state index contributed by atoms with van der Waals surface area (Å²) in [6.45, 7) is 14.9. The third-order valence-corrected chi connectivity index (χ3v) is 14.0. The first-order valence-corrected chi connectivity index (χ1v) is 21.7. The second-order valence-corrected chi connectivity index (χ2v) is 19.3. The Hall–Kier alpha value is -2.70. The van der Waals surface area contributed by atoms with Crippen molar-refractivity contribution < 1.29 is 53.9 Å². The van der Waals surface area contributed by atoms with Crippen molar-refractivity contribution in [1.82, 2.24) is 0 Å². The summed E-state index contributed by atoms with van der Waals surface area (Å²) in [7, 11) is -3.34. The van der Waals surface area contributed by atoms with E-state index in [1.165, 1.54) is 0 Å². The van der Waals surface area contributed by atoms with Crippen molar-refractivity contribution in [2.75, 3.05) is 13.2 Å². The molecule has 6 rings (SSSR count). The largest absolute Gasteiger partial charge is 0.394 e. The van der Waals surface area contributed by atoms with Gasteiger partial charge in [-0.25, -0.2) is 0 Å². The topological polar surface area (TPSA) is 168 Å². The van der Waals surface area contributed by atoms with Gasteiger partial charge in [-0.3, -0.25) is 0 Å². The third kappa shape index (κ3) is 10.2. The van der Waals surface area contributed by atoms with Crippen LogP contribution in [-0.2, 0) is 23.3 Å². The molecule has 0 aliphatic carbocycles. The number of aryl methyl sites for hydroxylation is 8. The molecule has 0 radical (unpaired) electrons. The molecule has 2 fully saturated rings. The van der Waals surface area contributed by atoms with E-state index >= 15 is 0 Å². The van der Waals surface area contributed by atoms with Crippen molar-refractivity contribution in [2.45, 2.75) is 117 Å². The molecule has 0 unspecified atom stereocenters. The summed E-state index contributed by atoms with van der Waals surface area (Å²) in [6, 6.07) is 24.9. The van der Waals surface area contributed by atoms with Crippen molar-refractivity contribution in [3.05, 3.63) is 117 Å². The smallest absolute Gasteiger partial charge is 0.190 e. The van der Waals surface area contributed by atoms with Gasteiger partial charge in [0.05, 0.1) is 29.5 Å². The van der Waals surface area contributed by atoms with Crippen molar-refractivity contribution in [2.24, 2.45) is 0 Å². The molecule has 308 valence electrons. The fourth-order valence-electron chi connectivity index (χ4n) is 7.75. The van der Waals surface area contributed by atoms with Gasteiger partial charge < -0.3 is 53.9 Å². The molecule has 0 bridgehead atoms. The lowest BCUT2D eigenvalue weighted by Gasteiger charge is -2.48. The zero-order valence-corrected chi connectivity index (χ0v) is 35.5.